The van der Waals surface area contributed by atoms with Gasteiger partial charge in [-0.2, -0.15) is 0 Å². The Labute approximate surface area is 116 Å². The van der Waals surface area contributed by atoms with Crippen LogP contribution in [0.15, 0.2) is 41.6 Å². The molecule has 100 valence electrons. The third kappa shape index (κ3) is 2.69. The minimum absolute atomic E-state index is 0.122. The second-order valence-corrected chi connectivity index (χ2v) is 6.31. The van der Waals surface area contributed by atoms with E-state index >= 15 is 0 Å². The first-order valence-corrected chi connectivity index (χ1v) is 7.27. The molecule has 0 N–H and O–H groups in total. The summed E-state index contributed by atoms with van der Waals surface area (Å²) in [6.45, 7) is 1.69. The molecule has 0 atom stereocenters. The van der Waals surface area contributed by atoms with Crippen LogP contribution in [0.1, 0.15) is 5.56 Å². The van der Waals surface area contributed by atoms with E-state index in [1.165, 1.54) is 25.5 Å². The van der Waals surface area contributed by atoms with Gasteiger partial charge < -0.3 is 0 Å². The molecule has 0 spiro atoms. The molecular formula is C12H12ClN3O2S. The molecule has 0 aliphatic carbocycles. The van der Waals surface area contributed by atoms with Crippen LogP contribution >= 0.6 is 11.6 Å². The number of halogens is 1. The Morgan fingerprint density at radius 3 is 2.42 bits per heavy atom. The highest BCUT2D eigenvalue weighted by Crippen LogP contribution is 2.23. The fourth-order valence-corrected chi connectivity index (χ4v) is 3.15. The highest BCUT2D eigenvalue weighted by molar-refractivity contribution is 7.92. The van der Waals surface area contributed by atoms with Crippen LogP contribution in [-0.4, -0.2) is 25.4 Å². The van der Waals surface area contributed by atoms with Crippen molar-refractivity contribution in [2.45, 2.75) is 11.8 Å². The first-order chi connectivity index (χ1) is 8.93. The van der Waals surface area contributed by atoms with Crippen LogP contribution in [0.3, 0.4) is 0 Å². The second-order valence-electron chi connectivity index (χ2n) is 3.93. The van der Waals surface area contributed by atoms with Crippen molar-refractivity contribution in [3.05, 3.63) is 47.2 Å². The van der Waals surface area contributed by atoms with Gasteiger partial charge in [0.05, 0.1) is 4.90 Å². The summed E-state index contributed by atoms with van der Waals surface area (Å²) in [5.41, 5.74) is 0.579. The molecule has 2 aromatic rings. The predicted molar refractivity (Wildman–Crippen MR) is 73.8 cm³/mol. The largest absolute Gasteiger partial charge is 0.266 e. The molecule has 0 saturated carbocycles. The number of hydrogen-bond donors (Lipinski definition) is 0. The van der Waals surface area contributed by atoms with Gasteiger partial charge in [0.25, 0.3) is 10.0 Å². The summed E-state index contributed by atoms with van der Waals surface area (Å²) in [5, 5.41) is 0.495. The zero-order valence-corrected chi connectivity index (χ0v) is 12.0. The maximum Gasteiger partial charge on any atom is 0.266 e. The quantitative estimate of drug-likeness (QED) is 0.872. The van der Waals surface area contributed by atoms with Crippen LogP contribution in [0.4, 0.5) is 5.95 Å². The van der Waals surface area contributed by atoms with Gasteiger partial charge in [-0.25, -0.2) is 22.7 Å². The van der Waals surface area contributed by atoms with Crippen molar-refractivity contribution >= 4 is 27.6 Å². The Hall–Kier alpha value is -1.66. The van der Waals surface area contributed by atoms with Gasteiger partial charge in [0, 0.05) is 24.5 Å². The Morgan fingerprint density at radius 1 is 1.21 bits per heavy atom. The molecule has 0 bridgehead atoms. The topological polar surface area (TPSA) is 63.2 Å². The van der Waals surface area contributed by atoms with Crippen molar-refractivity contribution in [1.82, 2.24) is 9.97 Å². The summed E-state index contributed by atoms with van der Waals surface area (Å²) < 4.78 is 26.0. The van der Waals surface area contributed by atoms with E-state index in [1.807, 2.05) is 0 Å². The normalized spacial score (nSPS) is 11.3. The summed E-state index contributed by atoms with van der Waals surface area (Å²) in [6.07, 6.45) is 2.98. The number of nitrogens with zero attached hydrogens (tertiary/aromatic N) is 3. The number of hydrogen-bond acceptors (Lipinski definition) is 4. The fourth-order valence-electron chi connectivity index (χ4n) is 1.61. The number of anilines is 1. The van der Waals surface area contributed by atoms with Crippen molar-refractivity contribution in [2.75, 3.05) is 11.4 Å². The summed E-state index contributed by atoms with van der Waals surface area (Å²) in [7, 11) is -2.27. The van der Waals surface area contributed by atoms with E-state index in [4.69, 9.17) is 11.6 Å². The van der Waals surface area contributed by atoms with Crippen molar-refractivity contribution in [3.63, 3.8) is 0 Å². The van der Waals surface area contributed by atoms with Crippen LogP contribution in [0.2, 0.25) is 5.02 Å². The number of rotatable bonds is 3. The van der Waals surface area contributed by atoms with Gasteiger partial charge in [-0.3, -0.25) is 0 Å². The zero-order chi connectivity index (χ0) is 14.0. The van der Waals surface area contributed by atoms with E-state index in [2.05, 4.69) is 9.97 Å². The molecular weight excluding hydrogens is 286 g/mol. The number of aryl methyl sites for hydroxylation is 1. The van der Waals surface area contributed by atoms with Gasteiger partial charge in [0.1, 0.15) is 0 Å². The van der Waals surface area contributed by atoms with E-state index in [1.54, 1.807) is 25.1 Å². The van der Waals surface area contributed by atoms with Crippen molar-refractivity contribution in [2.24, 2.45) is 0 Å². The molecule has 1 heterocycles. The van der Waals surface area contributed by atoms with Gasteiger partial charge in [0.2, 0.25) is 5.95 Å². The highest BCUT2D eigenvalue weighted by atomic mass is 35.5. The van der Waals surface area contributed by atoms with E-state index in [9.17, 15) is 8.42 Å². The van der Waals surface area contributed by atoms with Crippen LogP contribution in [0.25, 0.3) is 0 Å². The average molecular weight is 298 g/mol. The van der Waals surface area contributed by atoms with Gasteiger partial charge in [0.15, 0.2) is 0 Å². The standard InChI is InChI=1S/C12H12ClN3O2S/c1-9-8-10(13)4-5-11(9)19(17,18)16(2)12-14-6-3-7-15-12/h3-8H,1-2H3. The van der Waals surface area contributed by atoms with Crippen molar-refractivity contribution < 1.29 is 8.42 Å². The minimum atomic E-state index is -3.69. The van der Waals surface area contributed by atoms with Gasteiger partial charge in [-0.05, 0) is 36.8 Å². The third-order valence-corrected chi connectivity index (χ3v) is 4.74. The molecule has 0 amide bonds. The number of aromatic nitrogens is 2. The zero-order valence-electron chi connectivity index (χ0n) is 10.4. The maximum absolute atomic E-state index is 12.5. The van der Waals surface area contributed by atoms with Crippen LogP contribution in [0.5, 0.6) is 0 Å². The molecule has 0 aliphatic heterocycles. The van der Waals surface area contributed by atoms with Gasteiger partial charge >= 0.3 is 0 Å². The Balaban J connectivity index is 2.48. The van der Waals surface area contributed by atoms with Crippen LogP contribution in [-0.2, 0) is 10.0 Å². The van der Waals surface area contributed by atoms with Gasteiger partial charge in [-0.15, -0.1) is 0 Å². The number of sulfonamides is 1. The molecule has 2 rings (SSSR count). The lowest BCUT2D eigenvalue weighted by atomic mass is 10.2. The fraction of sp³-hybridized carbons (Fsp3) is 0.167. The van der Waals surface area contributed by atoms with Gasteiger partial charge in [-0.1, -0.05) is 11.6 Å². The summed E-state index contributed by atoms with van der Waals surface area (Å²) in [4.78, 5) is 8.04. The Kier molecular flexibility index (Phi) is 3.73. The lowest BCUT2D eigenvalue weighted by Gasteiger charge is -2.18. The van der Waals surface area contributed by atoms with Crippen LogP contribution < -0.4 is 4.31 Å². The maximum atomic E-state index is 12.5. The highest BCUT2D eigenvalue weighted by Gasteiger charge is 2.24. The van der Waals surface area contributed by atoms with Crippen molar-refractivity contribution in [3.8, 4) is 0 Å². The molecule has 0 unspecified atom stereocenters. The molecule has 1 aromatic carbocycles. The van der Waals surface area contributed by atoms with E-state index in [-0.39, 0.29) is 10.8 Å². The monoisotopic (exact) mass is 297 g/mol. The Bertz CT molecular complexity index is 689. The first kappa shape index (κ1) is 13.8. The summed E-state index contributed by atoms with van der Waals surface area (Å²) in [6, 6.07) is 6.25. The predicted octanol–water partition coefficient (Wildman–Crippen LogP) is 2.26. The van der Waals surface area contributed by atoms with E-state index in [0.717, 1.165) is 4.31 Å². The Morgan fingerprint density at radius 2 is 1.84 bits per heavy atom. The molecule has 7 heteroatoms. The first-order valence-electron chi connectivity index (χ1n) is 5.45. The van der Waals surface area contributed by atoms with Crippen LogP contribution in [0, 0.1) is 6.92 Å². The molecule has 19 heavy (non-hydrogen) atoms. The second kappa shape index (κ2) is 5.14. The third-order valence-electron chi connectivity index (χ3n) is 2.61. The molecule has 0 radical (unpaired) electrons. The SMILES string of the molecule is Cc1cc(Cl)ccc1S(=O)(=O)N(C)c1ncccn1. The molecule has 0 fully saturated rings. The average Bonchev–Trinajstić information content (AvgIpc) is 2.38. The minimum Gasteiger partial charge on any atom is -0.237 e. The van der Waals surface area contributed by atoms with Crippen molar-refractivity contribution in [1.29, 1.82) is 0 Å². The molecule has 1 aromatic heterocycles. The molecule has 5 nitrogen and oxygen atoms in total. The van der Waals surface area contributed by atoms with E-state index in [0.29, 0.717) is 10.6 Å². The number of benzene rings is 1. The summed E-state index contributed by atoms with van der Waals surface area (Å²) >= 11 is 5.83. The smallest absolute Gasteiger partial charge is 0.237 e. The molecule has 0 saturated heterocycles. The summed E-state index contributed by atoms with van der Waals surface area (Å²) in [5.74, 6) is 0.122. The van der Waals surface area contributed by atoms with E-state index < -0.39 is 10.0 Å². The molecule has 0 aliphatic rings. The lowest BCUT2D eigenvalue weighted by Crippen LogP contribution is -2.28. The lowest BCUT2D eigenvalue weighted by molar-refractivity contribution is 0.593.